The molecule has 0 spiro atoms. The third-order valence-corrected chi connectivity index (χ3v) is 5.14. The molecule has 0 unspecified atom stereocenters. The van der Waals surface area contributed by atoms with E-state index in [2.05, 4.69) is 42.3 Å². The summed E-state index contributed by atoms with van der Waals surface area (Å²) in [6.45, 7) is 1.78. The molecule has 0 saturated carbocycles. The van der Waals surface area contributed by atoms with Crippen molar-refractivity contribution in [2.24, 2.45) is 0 Å². The number of rotatable bonds is 5. The zero-order valence-corrected chi connectivity index (χ0v) is 17.8. The number of ether oxygens (including phenoxy) is 1. The molecular weight excluding hydrogens is 506 g/mol. The van der Waals surface area contributed by atoms with Gasteiger partial charge in [-0.1, -0.05) is 16.8 Å². The van der Waals surface area contributed by atoms with Gasteiger partial charge in [0.1, 0.15) is 23.9 Å². The highest BCUT2D eigenvalue weighted by molar-refractivity contribution is 9.11. The van der Waals surface area contributed by atoms with Crippen LogP contribution in [0.25, 0.3) is 0 Å². The Morgan fingerprint density at radius 2 is 1.89 bits per heavy atom. The van der Waals surface area contributed by atoms with Gasteiger partial charge in [-0.3, -0.25) is 4.79 Å². The molecule has 1 amide bonds. The van der Waals surface area contributed by atoms with Crippen LogP contribution in [0.1, 0.15) is 21.8 Å². The summed E-state index contributed by atoms with van der Waals surface area (Å²) < 4.78 is 25.0. The SMILES string of the molecule is Cc1onc(C(=O)Nc2c(Br)cc(F)cc2Br)c1COc1ccc(Cl)cc1. The van der Waals surface area contributed by atoms with Crippen LogP contribution in [0.4, 0.5) is 10.1 Å². The molecule has 1 N–H and O–H groups in total. The Morgan fingerprint density at radius 3 is 2.52 bits per heavy atom. The maximum absolute atomic E-state index is 13.4. The van der Waals surface area contributed by atoms with E-state index in [9.17, 15) is 9.18 Å². The van der Waals surface area contributed by atoms with Crippen molar-refractivity contribution in [1.29, 1.82) is 0 Å². The summed E-state index contributed by atoms with van der Waals surface area (Å²) in [5.74, 6) is 0.109. The van der Waals surface area contributed by atoms with Crippen molar-refractivity contribution in [2.45, 2.75) is 13.5 Å². The highest BCUT2D eigenvalue weighted by Gasteiger charge is 2.22. The van der Waals surface area contributed by atoms with E-state index < -0.39 is 11.7 Å². The molecular formula is C18H12Br2ClFN2O3. The van der Waals surface area contributed by atoms with E-state index in [1.54, 1.807) is 31.2 Å². The van der Waals surface area contributed by atoms with Gasteiger partial charge in [-0.2, -0.15) is 0 Å². The normalized spacial score (nSPS) is 10.7. The number of nitrogens with one attached hydrogen (secondary N) is 1. The number of benzene rings is 2. The van der Waals surface area contributed by atoms with Crippen molar-refractivity contribution < 1.29 is 18.4 Å². The Balaban J connectivity index is 1.79. The first-order chi connectivity index (χ1) is 12.8. The highest BCUT2D eigenvalue weighted by atomic mass is 79.9. The molecule has 0 atom stereocenters. The van der Waals surface area contributed by atoms with E-state index in [1.165, 1.54) is 12.1 Å². The standard InChI is InChI=1S/C18H12Br2ClFN2O3/c1-9-13(8-26-12-4-2-10(21)3-5-12)16(24-27-9)18(25)23-17-14(19)6-11(22)7-15(17)20/h2-7H,8H2,1H3,(H,23,25). The first-order valence-corrected chi connectivity index (χ1v) is 9.61. The molecule has 140 valence electrons. The maximum atomic E-state index is 13.4. The largest absolute Gasteiger partial charge is 0.489 e. The van der Waals surface area contributed by atoms with E-state index in [-0.39, 0.29) is 12.3 Å². The Kier molecular flexibility index (Phi) is 6.18. The first-order valence-electron chi connectivity index (χ1n) is 7.64. The predicted molar refractivity (Wildman–Crippen MR) is 107 cm³/mol. The predicted octanol–water partition coefficient (Wildman–Crippen LogP) is 6.13. The Morgan fingerprint density at radius 1 is 1.26 bits per heavy atom. The Bertz CT molecular complexity index is 970. The smallest absolute Gasteiger partial charge is 0.278 e. The van der Waals surface area contributed by atoms with Crippen molar-refractivity contribution in [1.82, 2.24) is 5.16 Å². The number of anilines is 1. The van der Waals surface area contributed by atoms with Gasteiger partial charge in [0.05, 0.1) is 11.3 Å². The van der Waals surface area contributed by atoms with Gasteiger partial charge in [0, 0.05) is 14.0 Å². The number of hydrogen-bond donors (Lipinski definition) is 1. The molecule has 9 heteroatoms. The average Bonchev–Trinajstić information content (AvgIpc) is 2.98. The molecule has 5 nitrogen and oxygen atoms in total. The van der Waals surface area contributed by atoms with Gasteiger partial charge in [0.2, 0.25) is 0 Å². The zero-order valence-electron chi connectivity index (χ0n) is 13.9. The van der Waals surface area contributed by atoms with Crippen LogP contribution < -0.4 is 10.1 Å². The first kappa shape index (κ1) is 19.9. The van der Waals surface area contributed by atoms with E-state index in [0.29, 0.717) is 36.7 Å². The molecule has 0 aliphatic heterocycles. The van der Waals surface area contributed by atoms with Gasteiger partial charge in [-0.25, -0.2) is 4.39 Å². The van der Waals surface area contributed by atoms with E-state index in [0.717, 1.165) is 0 Å². The fraction of sp³-hybridized carbons (Fsp3) is 0.111. The summed E-state index contributed by atoms with van der Waals surface area (Å²) in [6.07, 6.45) is 0. The number of aryl methyl sites for hydroxylation is 1. The molecule has 0 radical (unpaired) electrons. The third kappa shape index (κ3) is 4.69. The van der Waals surface area contributed by atoms with Crippen LogP contribution >= 0.6 is 43.5 Å². The van der Waals surface area contributed by atoms with Gasteiger partial charge < -0.3 is 14.6 Å². The number of amides is 1. The monoisotopic (exact) mass is 516 g/mol. The van der Waals surface area contributed by atoms with Crippen LogP contribution in [0.15, 0.2) is 49.9 Å². The lowest BCUT2D eigenvalue weighted by molar-refractivity contribution is 0.101. The fourth-order valence-corrected chi connectivity index (χ4v) is 3.72. The van der Waals surface area contributed by atoms with Crippen LogP contribution in [0.5, 0.6) is 5.75 Å². The third-order valence-electron chi connectivity index (χ3n) is 3.64. The van der Waals surface area contributed by atoms with Crippen LogP contribution in [0.2, 0.25) is 5.02 Å². The van der Waals surface area contributed by atoms with Gasteiger partial charge in [-0.05, 0) is 75.2 Å². The van der Waals surface area contributed by atoms with Gasteiger partial charge in [-0.15, -0.1) is 0 Å². The summed E-state index contributed by atoms with van der Waals surface area (Å²) in [5.41, 5.74) is 0.980. The topological polar surface area (TPSA) is 64.4 Å². The van der Waals surface area contributed by atoms with Crippen molar-refractivity contribution in [3.8, 4) is 5.75 Å². The molecule has 1 aromatic heterocycles. The van der Waals surface area contributed by atoms with Crippen molar-refractivity contribution in [2.75, 3.05) is 5.32 Å². The molecule has 0 saturated heterocycles. The number of halogens is 4. The summed E-state index contributed by atoms with van der Waals surface area (Å²) in [6, 6.07) is 9.34. The molecule has 0 aliphatic rings. The quantitative estimate of drug-likeness (QED) is 0.441. The summed E-state index contributed by atoms with van der Waals surface area (Å²) in [5, 5.41) is 7.11. The molecule has 3 aromatic rings. The lowest BCUT2D eigenvalue weighted by Crippen LogP contribution is -2.16. The molecule has 27 heavy (non-hydrogen) atoms. The minimum absolute atomic E-state index is 0.0876. The van der Waals surface area contributed by atoms with Crippen molar-refractivity contribution in [3.05, 3.63) is 73.2 Å². The van der Waals surface area contributed by atoms with E-state index in [1.807, 2.05) is 0 Å². The number of nitrogens with zero attached hydrogens (tertiary/aromatic N) is 1. The van der Waals surface area contributed by atoms with Crippen LogP contribution in [-0.2, 0) is 6.61 Å². The molecule has 1 heterocycles. The lowest BCUT2D eigenvalue weighted by Gasteiger charge is -2.10. The van der Waals surface area contributed by atoms with Crippen molar-refractivity contribution >= 4 is 55.1 Å². The highest BCUT2D eigenvalue weighted by Crippen LogP contribution is 2.32. The Hall–Kier alpha value is -1.90. The fourth-order valence-electron chi connectivity index (χ4n) is 2.26. The molecule has 0 aliphatic carbocycles. The second-order valence-corrected chi connectivity index (χ2v) is 7.65. The Labute approximate surface area is 176 Å². The molecule has 3 rings (SSSR count). The number of aromatic nitrogens is 1. The number of carbonyl (C=O) groups is 1. The minimum Gasteiger partial charge on any atom is -0.489 e. The second kappa shape index (κ2) is 8.41. The lowest BCUT2D eigenvalue weighted by atomic mass is 10.2. The van der Waals surface area contributed by atoms with Crippen LogP contribution in [0.3, 0.4) is 0 Å². The van der Waals surface area contributed by atoms with Crippen molar-refractivity contribution in [3.63, 3.8) is 0 Å². The number of hydrogen-bond acceptors (Lipinski definition) is 4. The van der Waals surface area contributed by atoms with Gasteiger partial charge in [0.25, 0.3) is 5.91 Å². The zero-order chi connectivity index (χ0) is 19.6. The van der Waals surface area contributed by atoms with Crippen LogP contribution in [-0.4, -0.2) is 11.1 Å². The van der Waals surface area contributed by atoms with E-state index >= 15 is 0 Å². The average molecular weight is 519 g/mol. The summed E-state index contributed by atoms with van der Waals surface area (Å²) >= 11 is 12.3. The summed E-state index contributed by atoms with van der Waals surface area (Å²) in [7, 11) is 0. The summed E-state index contributed by atoms with van der Waals surface area (Å²) in [4.78, 5) is 12.7. The number of carbonyl (C=O) groups excluding carboxylic acids is 1. The van der Waals surface area contributed by atoms with Gasteiger partial charge in [0.15, 0.2) is 5.69 Å². The molecule has 0 fully saturated rings. The second-order valence-electron chi connectivity index (χ2n) is 5.51. The molecule has 0 bridgehead atoms. The maximum Gasteiger partial charge on any atom is 0.278 e. The van der Waals surface area contributed by atoms with E-state index in [4.69, 9.17) is 20.9 Å². The molecule has 2 aromatic carbocycles. The van der Waals surface area contributed by atoms with Gasteiger partial charge >= 0.3 is 0 Å². The minimum atomic E-state index is -0.505. The van der Waals surface area contributed by atoms with Crippen LogP contribution in [0, 0.1) is 12.7 Å².